The summed E-state index contributed by atoms with van der Waals surface area (Å²) in [4.78, 5) is 12.8. The summed E-state index contributed by atoms with van der Waals surface area (Å²) < 4.78 is 33.5. The number of rotatable bonds is 10. The number of benzene rings is 3. The average Bonchev–Trinajstić information content (AvgIpc) is 2.80. The van der Waals surface area contributed by atoms with Crippen LogP contribution in [0.1, 0.15) is 16.7 Å². The molecule has 0 aliphatic rings. The number of carbonyl (C=O) groups excluding carboxylic acids is 1. The predicted molar refractivity (Wildman–Crippen MR) is 126 cm³/mol. The Labute approximate surface area is 189 Å². The van der Waals surface area contributed by atoms with Gasteiger partial charge in [0.2, 0.25) is 5.91 Å². The van der Waals surface area contributed by atoms with Crippen LogP contribution in [0.5, 0.6) is 0 Å². The zero-order valence-electron chi connectivity index (χ0n) is 18.3. The molecule has 7 heteroatoms. The number of hydrogen-bond donors (Lipinski definition) is 1. The minimum atomic E-state index is -3.92. The van der Waals surface area contributed by atoms with Gasteiger partial charge < -0.3 is 10.1 Å². The minimum Gasteiger partial charge on any atom is -0.375 e. The lowest BCUT2D eigenvalue weighted by Gasteiger charge is -2.26. The third-order valence-corrected chi connectivity index (χ3v) is 6.71. The van der Waals surface area contributed by atoms with Gasteiger partial charge in [-0.15, -0.1) is 0 Å². The van der Waals surface area contributed by atoms with Gasteiger partial charge in [-0.2, -0.15) is 0 Å². The molecule has 0 aliphatic carbocycles. The second kappa shape index (κ2) is 10.9. The summed E-state index contributed by atoms with van der Waals surface area (Å²) in [6.45, 7) is 4.47. The van der Waals surface area contributed by atoms with Crippen LogP contribution in [0.3, 0.4) is 0 Å². The Bertz CT molecular complexity index is 1130. The van der Waals surface area contributed by atoms with Crippen LogP contribution in [0.15, 0.2) is 83.8 Å². The van der Waals surface area contributed by atoms with Gasteiger partial charge in [-0.1, -0.05) is 60.7 Å². The number of aryl methyl sites for hydroxylation is 2. The van der Waals surface area contributed by atoms with E-state index < -0.39 is 15.9 Å². The molecule has 0 atom stereocenters. The molecular weight excluding hydrogens is 424 g/mol. The number of carbonyl (C=O) groups is 1. The van der Waals surface area contributed by atoms with E-state index in [1.165, 1.54) is 16.4 Å². The van der Waals surface area contributed by atoms with Crippen molar-refractivity contribution in [2.75, 3.05) is 24.0 Å². The molecule has 0 spiro atoms. The van der Waals surface area contributed by atoms with Crippen molar-refractivity contribution in [2.45, 2.75) is 25.3 Å². The van der Waals surface area contributed by atoms with Crippen molar-refractivity contribution in [2.24, 2.45) is 0 Å². The van der Waals surface area contributed by atoms with Gasteiger partial charge in [0, 0.05) is 6.54 Å². The van der Waals surface area contributed by atoms with E-state index in [1.807, 2.05) is 56.3 Å². The Morgan fingerprint density at radius 3 is 2.28 bits per heavy atom. The first kappa shape index (κ1) is 23.5. The van der Waals surface area contributed by atoms with Crippen molar-refractivity contribution in [3.8, 4) is 0 Å². The van der Waals surface area contributed by atoms with Gasteiger partial charge in [0.1, 0.15) is 6.54 Å². The van der Waals surface area contributed by atoms with E-state index in [4.69, 9.17) is 4.74 Å². The van der Waals surface area contributed by atoms with Crippen LogP contribution < -0.4 is 9.62 Å². The van der Waals surface area contributed by atoms with Crippen molar-refractivity contribution < 1.29 is 17.9 Å². The molecule has 1 amide bonds. The van der Waals surface area contributed by atoms with Crippen LogP contribution in [0.2, 0.25) is 0 Å². The lowest BCUT2D eigenvalue weighted by atomic mass is 10.1. The first-order chi connectivity index (χ1) is 15.4. The molecule has 6 nitrogen and oxygen atoms in total. The summed E-state index contributed by atoms with van der Waals surface area (Å²) in [5.74, 6) is -0.395. The maximum absolute atomic E-state index is 13.4. The smallest absolute Gasteiger partial charge is 0.264 e. The molecule has 3 aromatic rings. The van der Waals surface area contributed by atoms with Crippen molar-refractivity contribution in [1.82, 2.24) is 5.32 Å². The van der Waals surface area contributed by atoms with E-state index in [9.17, 15) is 13.2 Å². The van der Waals surface area contributed by atoms with Gasteiger partial charge in [0.15, 0.2) is 0 Å². The summed E-state index contributed by atoms with van der Waals surface area (Å²) >= 11 is 0. The lowest BCUT2D eigenvalue weighted by molar-refractivity contribution is -0.119. The number of nitrogens with one attached hydrogen (secondary N) is 1. The molecule has 32 heavy (non-hydrogen) atoms. The highest BCUT2D eigenvalue weighted by Gasteiger charge is 2.28. The van der Waals surface area contributed by atoms with Crippen LogP contribution >= 0.6 is 0 Å². The number of sulfonamides is 1. The maximum atomic E-state index is 13.4. The standard InChI is InChI=1S/C25H28N2O4S/c1-20-13-14-21(2)24(17-20)27(32(29,30)23-11-7-4-8-12-23)18-25(28)26-15-16-31-19-22-9-5-3-6-10-22/h3-14,17H,15-16,18-19H2,1-2H3,(H,26,28). The van der Waals surface area contributed by atoms with Gasteiger partial charge in [-0.3, -0.25) is 9.10 Å². The third-order valence-electron chi connectivity index (χ3n) is 4.93. The molecule has 3 rings (SSSR count). The van der Waals surface area contributed by atoms with E-state index in [0.717, 1.165) is 16.7 Å². The second-order valence-corrected chi connectivity index (χ2v) is 9.37. The number of hydrogen-bond acceptors (Lipinski definition) is 4. The monoisotopic (exact) mass is 452 g/mol. The first-order valence-corrected chi connectivity index (χ1v) is 11.9. The van der Waals surface area contributed by atoms with Crippen molar-refractivity contribution >= 4 is 21.6 Å². The normalized spacial score (nSPS) is 11.2. The van der Waals surface area contributed by atoms with E-state index in [0.29, 0.717) is 18.9 Å². The molecule has 0 unspecified atom stereocenters. The highest BCUT2D eigenvalue weighted by atomic mass is 32.2. The minimum absolute atomic E-state index is 0.139. The van der Waals surface area contributed by atoms with Crippen LogP contribution in [0.25, 0.3) is 0 Å². The molecule has 0 heterocycles. The number of ether oxygens (including phenoxy) is 1. The van der Waals surface area contributed by atoms with E-state index in [2.05, 4.69) is 5.32 Å². The van der Waals surface area contributed by atoms with Gasteiger partial charge in [0.05, 0.1) is 23.8 Å². The largest absolute Gasteiger partial charge is 0.375 e. The van der Waals surface area contributed by atoms with E-state index in [1.54, 1.807) is 24.3 Å². The quantitative estimate of drug-likeness (QED) is 0.475. The predicted octanol–water partition coefficient (Wildman–Crippen LogP) is 3.83. The fourth-order valence-electron chi connectivity index (χ4n) is 3.22. The van der Waals surface area contributed by atoms with Crippen LogP contribution in [-0.4, -0.2) is 34.0 Å². The van der Waals surface area contributed by atoms with Crippen molar-refractivity contribution in [1.29, 1.82) is 0 Å². The SMILES string of the molecule is Cc1ccc(C)c(N(CC(=O)NCCOCc2ccccc2)S(=O)(=O)c2ccccc2)c1. The molecule has 0 saturated heterocycles. The Hall–Kier alpha value is -3.16. The highest BCUT2D eigenvalue weighted by Crippen LogP contribution is 2.27. The Morgan fingerprint density at radius 2 is 1.59 bits per heavy atom. The molecule has 0 fully saturated rings. The van der Waals surface area contributed by atoms with Gasteiger partial charge in [-0.25, -0.2) is 8.42 Å². The number of anilines is 1. The molecule has 0 aliphatic heterocycles. The second-order valence-electron chi connectivity index (χ2n) is 7.50. The lowest BCUT2D eigenvalue weighted by Crippen LogP contribution is -2.42. The summed E-state index contributed by atoms with van der Waals surface area (Å²) in [7, 11) is -3.92. The van der Waals surface area contributed by atoms with Crippen LogP contribution in [0.4, 0.5) is 5.69 Å². The summed E-state index contributed by atoms with van der Waals surface area (Å²) in [6, 6.07) is 23.5. The van der Waals surface area contributed by atoms with Crippen molar-refractivity contribution in [3.05, 3.63) is 95.6 Å². The van der Waals surface area contributed by atoms with E-state index >= 15 is 0 Å². The Kier molecular flexibility index (Phi) is 8.03. The van der Waals surface area contributed by atoms with Crippen LogP contribution in [-0.2, 0) is 26.2 Å². The summed E-state index contributed by atoms with van der Waals surface area (Å²) in [5.41, 5.74) is 3.22. The van der Waals surface area contributed by atoms with Crippen LogP contribution in [0, 0.1) is 13.8 Å². The fourth-order valence-corrected chi connectivity index (χ4v) is 4.72. The Morgan fingerprint density at radius 1 is 0.938 bits per heavy atom. The molecule has 0 radical (unpaired) electrons. The Balaban J connectivity index is 1.69. The average molecular weight is 453 g/mol. The van der Waals surface area contributed by atoms with Gasteiger partial charge in [-0.05, 0) is 48.7 Å². The third kappa shape index (κ3) is 6.18. The maximum Gasteiger partial charge on any atom is 0.264 e. The molecule has 1 N–H and O–H groups in total. The molecule has 0 saturated carbocycles. The fraction of sp³-hybridized carbons (Fsp3) is 0.240. The molecule has 3 aromatic carbocycles. The zero-order chi connectivity index (χ0) is 23.0. The van der Waals surface area contributed by atoms with E-state index in [-0.39, 0.29) is 18.0 Å². The van der Waals surface area contributed by atoms with Gasteiger partial charge >= 0.3 is 0 Å². The summed E-state index contributed by atoms with van der Waals surface area (Å²) in [6.07, 6.45) is 0. The molecule has 0 bridgehead atoms. The molecular formula is C25H28N2O4S. The molecule has 168 valence electrons. The number of nitrogens with zero attached hydrogens (tertiary/aromatic N) is 1. The molecule has 0 aromatic heterocycles. The number of amides is 1. The summed E-state index contributed by atoms with van der Waals surface area (Å²) in [5, 5.41) is 2.76. The topological polar surface area (TPSA) is 75.7 Å². The van der Waals surface area contributed by atoms with Crippen molar-refractivity contribution in [3.63, 3.8) is 0 Å². The zero-order valence-corrected chi connectivity index (χ0v) is 19.1. The highest BCUT2D eigenvalue weighted by molar-refractivity contribution is 7.92. The first-order valence-electron chi connectivity index (χ1n) is 10.4. The van der Waals surface area contributed by atoms with Gasteiger partial charge in [0.25, 0.3) is 10.0 Å².